The van der Waals surface area contributed by atoms with Crippen molar-refractivity contribution in [3.05, 3.63) is 121 Å². The number of alkyl halides is 1. The fourth-order valence-corrected chi connectivity index (χ4v) is 16.5. The summed E-state index contributed by atoms with van der Waals surface area (Å²) < 4.78 is 3.99. The summed E-state index contributed by atoms with van der Waals surface area (Å²) in [5.74, 6) is 1.93. The van der Waals surface area contributed by atoms with Crippen molar-refractivity contribution in [1.29, 1.82) is 0 Å². The zero-order chi connectivity index (χ0) is 48.8. The smallest absolute Gasteiger partial charge is 0.237 e. The number of nitrogens with zero attached hydrogens (tertiary/aromatic N) is 5. The fraction of sp³-hybridized carbons (Fsp3) is 0.537. The Morgan fingerprint density at radius 1 is 0.614 bits per heavy atom. The molecule has 1 N–H and O–H groups in total. The van der Waals surface area contributed by atoms with Crippen molar-refractivity contribution in [1.82, 2.24) is 30.0 Å². The van der Waals surface area contributed by atoms with E-state index in [1.54, 1.807) is 0 Å². The van der Waals surface area contributed by atoms with Crippen LogP contribution in [0.15, 0.2) is 66.7 Å². The zero-order valence-corrected chi connectivity index (χ0v) is 47.8. The Labute approximate surface area is 460 Å². The Kier molecular flexibility index (Phi) is 16.4. The third-order valence-corrected chi connectivity index (χ3v) is 19.7. The summed E-state index contributed by atoms with van der Waals surface area (Å²) in [6.45, 7) is 5.90. The normalized spacial score (nSPS) is 24.5. The molecule has 3 amide bonds. The molecule has 2 aromatic carbocycles. The van der Waals surface area contributed by atoms with E-state index in [9.17, 15) is 14.4 Å². The Hall–Kier alpha value is -2.10. The van der Waals surface area contributed by atoms with E-state index in [0.29, 0.717) is 50.0 Å². The maximum atomic E-state index is 14.7. The molecule has 0 bridgehead atoms. The van der Waals surface area contributed by atoms with Gasteiger partial charge in [-0.15, -0.1) is 11.6 Å². The van der Waals surface area contributed by atoms with E-state index in [1.165, 1.54) is 33.4 Å². The van der Waals surface area contributed by atoms with E-state index in [-0.39, 0.29) is 65.0 Å². The molecule has 16 heteroatoms. The molecule has 0 radical (unpaired) electrons. The number of hydrogen-bond donors (Lipinski definition) is 1. The molecule has 2 aliphatic carbocycles. The first-order valence-electron chi connectivity index (χ1n) is 25.2. The number of rotatable bonds is 8. The largest absolute Gasteiger partial charge is 0.343 e. The minimum atomic E-state index is -0.0262. The minimum absolute atomic E-state index is 0.00607. The summed E-state index contributed by atoms with van der Waals surface area (Å²) in [6.07, 6.45) is 13.7. The average molecular weight is 1270 g/mol. The van der Waals surface area contributed by atoms with Gasteiger partial charge in [0, 0.05) is 104 Å². The van der Waals surface area contributed by atoms with Crippen molar-refractivity contribution in [2.75, 3.05) is 58.2 Å². The SMILES string of the molecule is O=C(CCl)N1CCC(CC(=O)N2CCC([C@H]3c4ncc(Br)cc4CC(C4CNCCC4CC(=O)N4CCC([C@H]5c6ncc(Br)cc6CCc6cc(Cl)cc(Br)c65)CC4)c4cc(Cl)cc(Br)c43)CC2)CC1. The van der Waals surface area contributed by atoms with Crippen LogP contribution in [0.25, 0.3) is 0 Å². The van der Waals surface area contributed by atoms with Crippen molar-refractivity contribution in [2.24, 2.45) is 29.6 Å². The highest BCUT2D eigenvalue weighted by Gasteiger charge is 2.44. The van der Waals surface area contributed by atoms with Gasteiger partial charge in [-0.05, 0) is 214 Å². The molecule has 6 heterocycles. The molecule has 4 fully saturated rings. The average Bonchev–Trinajstić information content (AvgIpc) is 3.60. The Morgan fingerprint density at radius 2 is 1.14 bits per heavy atom. The van der Waals surface area contributed by atoms with E-state index in [4.69, 9.17) is 44.8 Å². The number of halogens is 7. The maximum absolute atomic E-state index is 14.7. The summed E-state index contributed by atoms with van der Waals surface area (Å²) in [4.78, 5) is 57.0. The summed E-state index contributed by atoms with van der Waals surface area (Å²) in [6, 6.07) is 12.9. The molecule has 10 rings (SSSR count). The van der Waals surface area contributed by atoms with E-state index in [2.05, 4.69) is 103 Å². The van der Waals surface area contributed by atoms with Gasteiger partial charge in [0.15, 0.2) is 0 Å². The lowest BCUT2D eigenvalue weighted by Crippen LogP contribution is -2.45. The van der Waals surface area contributed by atoms with Gasteiger partial charge in [0.25, 0.3) is 0 Å². The van der Waals surface area contributed by atoms with Crippen molar-refractivity contribution in [3.63, 3.8) is 0 Å². The second-order valence-corrected chi connectivity index (χ2v) is 25.4. The molecule has 2 aromatic heterocycles. The van der Waals surface area contributed by atoms with Crippen LogP contribution in [0.5, 0.6) is 0 Å². The van der Waals surface area contributed by atoms with Crippen molar-refractivity contribution in [2.45, 2.75) is 94.8 Å². The lowest BCUT2D eigenvalue weighted by Gasteiger charge is -2.41. The topological polar surface area (TPSA) is 98.7 Å². The Morgan fingerprint density at radius 3 is 1.79 bits per heavy atom. The third kappa shape index (κ3) is 10.9. The highest BCUT2D eigenvalue weighted by molar-refractivity contribution is 9.11. The van der Waals surface area contributed by atoms with Gasteiger partial charge in [0.05, 0.1) is 11.4 Å². The van der Waals surface area contributed by atoms with Gasteiger partial charge in [0.1, 0.15) is 5.88 Å². The number of carbonyl (C=O) groups excluding carboxylic acids is 3. The van der Waals surface area contributed by atoms with E-state index in [0.717, 1.165) is 125 Å². The van der Waals surface area contributed by atoms with Crippen molar-refractivity contribution in [3.8, 4) is 0 Å². The maximum Gasteiger partial charge on any atom is 0.237 e. The van der Waals surface area contributed by atoms with Crippen molar-refractivity contribution >= 4 is 116 Å². The van der Waals surface area contributed by atoms with Gasteiger partial charge in [-0.3, -0.25) is 24.4 Å². The molecule has 4 aliphatic heterocycles. The van der Waals surface area contributed by atoms with E-state index < -0.39 is 0 Å². The number of carbonyl (C=O) groups is 3. The predicted molar refractivity (Wildman–Crippen MR) is 292 cm³/mol. The highest BCUT2D eigenvalue weighted by Crippen LogP contribution is 2.52. The number of fused-ring (bicyclic) bond motifs is 4. The van der Waals surface area contributed by atoms with Crippen LogP contribution in [-0.4, -0.2) is 101 Å². The molecule has 0 saturated carbocycles. The number of hydrogen-bond acceptors (Lipinski definition) is 6. The quantitative estimate of drug-likeness (QED) is 0.177. The van der Waals surface area contributed by atoms with Crippen LogP contribution in [0, 0.1) is 29.6 Å². The molecular weight excluding hydrogens is 1210 g/mol. The van der Waals surface area contributed by atoms with Crippen LogP contribution in [0.2, 0.25) is 10.0 Å². The zero-order valence-electron chi connectivity index (χ0n) is 39.2. The second kappa shape index (κ2) is 22.4. The van der Waals surface area contributed by atoms with Crippen LogP contribution < -0.4 is 5.32 Å². The van der Waals surface area contributed by atoms with Crippen LogP contribution in [0.1, 0.15) is 120 Å². The molecule has 9 nitrogen and oxygen atoms in total. The molecule has 70 heavy (non-hydrogen) atoms. The van der Waals surface area contributed by atoms with Gasteiger partial charge in [-0.2, -0.15) is 0 Å². The number of piperidine rings is 4. The van der Waals surface area contributed by atoms with Gasteiger partial charge in [-0.1, -0.05) is 55.1 Å². The Bertz CT molecular complexity index is 2640. The molecule has 4 aromatic rings. The number of aromatic nitrogens is 2. The first-order valence-corrected chi connectivity index (χ1v) is 29.6. The summed E-state index contributed by atoms with van der Waals surface area (Å²) in [5.41, 5.74) is 9.84. The van der Waals surface area contributed by atoms with Gasteiger partial charge >= 0.3 is 0 Å². The predicted octanol–water partition coefficient (Wildman–Crippen LogP) is 12.5. The lowest BCUT2D eigenvalue weighted by atomic mass is 9.70. The van der Waals surface area contributed by atoms with Crippen LogP contribution >= 0.6 is 98.5 Å². The van der Waals surface area contributed by atoms with E-state index in [1.807, 2.05) is 29.4 Å². The fourth-order valence-electron chi connectivity index (χ4n) is 13.4. The summed E-state index contributed by atoms with van der Waals surface area (Å²) in [7, 11) is 0. The molecule has 372 valence electrons. The number of benzene rings is 2. The standard InChI is InChI=1S/C54H59Br4Cl3N6O3/c55-37-18-35-2-1-34-20-39(60)24-44(57)49(34)50(53(35)63-27-37)31-6-15-66(16-7-31)47(69)22-33-3-10-62-29-43(33)41-21-36-19-38(56)28-64-54(36)51(52-42(41)23-40(61)25-45(52)58)32-8-13-65(14-9-32)46(68)17-30-4-11-67(12-5-30)48(70)26-59/h18-20,23-25,27-28,30-33,41,43,50-51,62H,1-17,21-22,26,29H2/t33?,41?,43?,50-,51-/m1/s1. The number of likely N-dealkylation sites (tertiary alicyclic amines) is 3. The van der Waals surface area contributed by atoms with Gasteiger partial charge in [0.2, 0.25) is 17.7 Å². The molecule has 3 unspecified atom stereocenters. The van der Waals surface area contributed by atoms with Crippen LogP contribution in [0.3, 0.4) is 0 Å². The van der Waals surface area contributed by atoms with Crippen LogP contribution in [-0.2, 0) is 33.6 Å². The Balaban J connectivity index is 0.863. The number of amides is 3. The molecule has 6 aliphatic rings. The third-order valence-electron chi connectivity index (χ3n) is 16.9. The number of nitrogens with one attached hydrogen (secondary N) is 1. The number of pyridine rings is 2. The first-order chi connectivity index (χ1) is 33.8. The lowest BCUT2D eigenvalue weighted by molar-refractivity contribution is -0.135. The monoisotopic (exact) mass is 1260 g/mol. The van der Waals surface area contributed by atoms with Gasteiger partial charge in [-0.25, -0.2) is 0 Å². The van der Waals surface area contributed by atoms with Crippen LogP contribution in [0.4, 0.5) is 0 Å². The first kappa shape index (κ1) is 51.4. The molecule has 4 saturated heterocycles. The van der Waals surface area contributed by atoms with Crippen molar-refractivity contribution < 1.29 is 14.4 Å². The second-order valence-electron chi connectivity index (χ2n) is 20.7. The number of aryl methyl sites for hydroxylation is 2. The molecule has 0 spiro atoms. The summed E-state index contributed by atoms with van der Waals surface area (Å²) in [5, 5.41) is 5.20. The highest BCUT2D eigenvalue weighted by atomic mass is 79.9. The molecule has 5 atom stereocenters. The molecular formula is C54H59Br4Cl3N6O3. The summed E-state index contributed by atoms with van der Waals surface area (Å²) >= 11 is 35.0. The van der Waals surface area contributed by atoms with E-state index >= 15 is 0 Å². The van der Waals surface area contributed by atoms with Gasteiger partial charge < -0.3 is 20.0 Å². The minimum Gasteiger partial charge on any atom is -0.343 e.